The van der Waals surface area contributed by atoms with Crippen LogP contribution in [0.1, 0.15) is 21.6 Å². The molecule has 4 N–H and O–H groups in total. The van der Waals surface area contributed by atoms with E-state index in [2.05, 4.69) is 4.98 Å². The number of hydrogen-bond donors (Lipinski definition) is 2. The Morgan fingerprint density at radius 2 is 2.10 bits per heavy atom. The molecule has 0 saturated heterocycles. The Morgan fingerprint density at radius 3 is 2.75 bits per heavy atom. The number of amides is 1. The Balaban J connectivity index is 1.84. The number of pyridine rings is 1. The first-order chi connectivity index (χ1) is 9.66. The van der Waals surface area contributed by atoms with Crippen LogP contribution in [0.2, 0.25) is 0 Å². The lowest BCUT2D eigenvalue weighted by Gasteiger charge is -2.08. The molecule has 0 saturated carbocycles. The summed E-state index contributed by atoms with van der Waals surface area (Å²) in [5, 5.41) is 0. The Hall–Kier alpha value is -2.40. The molecule has 104 valence electrons. The third-order valence-electron chi connectivity index (χ3n) is 2.92. The van der Waals surface area contributed by atoms with Crippen LogP contribution in [-0.2, 0) is 17.8 Å². The second kappa shape index (κ2) is 6.68. The van der Waals surface area contributed by atoms with Crippen molar-refractivity contribution in [3.05, 3.63) is 59.4 Å². The third kappa shape index (κ3) is 3.80. The van der Waals surface area contributed by atoms with Crippen molar-refractivity contribution in [1.82, 2.24) is 4.98 Å². The van der Waals surface area contributed by atoms with Crippen LogP contribution in [0.5, 0.6) is 0 Å². The van der Waals surface area contributed by atoms with Crippen LogP contribution in [0.15, 0.2) is 42.6 Å². The van der Waals surface area contributed by atoms with Gasteiger partial charge in [0.25, 0.3) is 0 Å². The monoisotopic (exact) mass is 271 g/mol. The van der Waals surface area contributed by atoms with Crippen LogP contribution in [0, 0.1) is 0 Å². The minimum atomic E-state index is -0.487. The van der Waals surface area contributed by atoms with Crippen LogP contribution in [0.4, 0.5) is 5.69 Å². The van der Waals surface area contributed by atoms with E-state index < -0.39 is 5.91 Å². The highest BCUT2D eigenvalue weighted by Gasteiger charge is 2.05. The van der Waals surface area contributed by atoms with E-state index in [0.717, 1.165) is 17.7 Å². The molecule has 0 spiro atoms. The summed E-state index contributed by atoms with van der Waals surface area (Å²) in [6.45, 7) is 0.964. The van der Waals surface area contributed by atoms with Crippen LogP contribution in [0.25, 0.3) is 0 Å². The Morgan fingerprint density at radius 1 is 1.25 bits per heavy atom. The predicted molar refractivity (Wildman–Crippen MR) is 77.0 cm³/mol. The molecule has 0 atom stereocenters. The third-order valence-corrected chi connectivity index (χ3v) is 2.92. The first kappa shape index (κ1) is 14.0. The van der Waals surface area contributed by atoms with Crippen LogP contribution >= 0.6 is 0 Å². The van der Waals surface area contributed by atoms with Crippen LogP contribution in [0.3, 0.4) is 0 Å². The van der Waals surface area contributed by atoms with Crippen molar-refractivity contribution < 1.29 is 9.53 Å². The van der Waals surface area contributed by atoms with Crippen molar-refractivity contribution in [2.24, 2.45) is 5.73 Å². The second-order valence-corrected chi connectivity index (χ2v) is 4.40. The SMILES string of the molecule is NC(=O)c1ccc(COCCc2ccccn2)c(N)c1. The number of anilines is 1. The number of aromatic nitrogens is 1. The summed E-state index contributed by atoms with van der Waals surface area (Å²) in [6, 6.07) is 10.8. The Bertz CT molecular complexity index is 585. The van der Waals surface area contributed by atoms with Crippen molar-refractivity contribution in [2.75, 3.05) is 12.3 Å². The molecule has 0 bridgehead atoms. The zero-order valence-electron chi connectivity index (χ0n) is 11.1. The van der Waals surface area contributed by atoms with Gasteiger partial charge in [-0.25, -0.2) is 0 Å². The molecule has 0 unspecified atom stereocenters. The predicted octanol–water partition coefficient (Wildman–Crippen LogP) is 1.52. The fourth-order valence-corrected chi connectivity index (χ4v) is 1.78. The van der Waals surface area contributed by atoms with E-state index in [0.29, 0.717) is 24.5 Å². The van der Waals surface area contributed by atoms with Gasteiger partial charge in [0.2, 0.25) is 5.91 Å². The summed E-state index contributed by atoms with van der Waals surface area (Å²) in [5.41, 5.74) is 13.8. The maximum atomic E-state index is 11.0. The molecule has 1 aromatic carbocycles. The maximum absolute atomic E-state index is 11.0. The van der Waals surface area contributed by atoms with Gasteiger partial charge in [0.15, 0.2) is 0 Å². The van der Waals surface area contributed by atoms with Crippen molar-refractivity contribution in [2.45, 2.75) is 13.0 Å². The molecule has 1 heterocycles. The van der Waals surface area contributed by atoms with Gasteiger partial charge in [-0.05, 0) is 24.3 Å². The van der Waals surface area contributed by atoms with E-state index in [-0.39, 0.29) is 0 Å². The normalized spacial score (nSPS) is 10.4. The molecular formula is C15H17N3O2. The first-order valence-electron chi connectivity index (χ1n) is 6.32. The molecule has 2 aromatic rings. The number of hydrogen-bond acceptors (Lipinski definition) is 4. The molecular weight excluding hydrogens is 254 g/mol. The molecule has 0 radical (unpaired) electrons. The largest absolute Gasteiger partial charge is 0.398 e. The lowest BCUT2D eigenvalue weighted by molar-refractivity contribution is 0.1000. The molecule has 1 amide bonds. The van der Waals surface area contributed by atoms with Gasteiger partial charge in [0, 0.05) is 35.1 Å². The van der Waals surface area contributed by atoms with Crippen molar-refractivity contribution >= 4 is 11.6 Å². The summed E-state index contributed by atoms with van der Waals surface area (Å²) in [6.07, 6.45) is 2.51. The lowest BCUT2D eigenvalue weighted by Crippen LogP contribution is -2.12. The fraction of sp³-hybridized carbons (Fsp3) is 0.200. The number of benzene rings is 1. The summed E-state index contributed by atoms with van der Waals surface area (Å²) in [5.74, 6) is -0.487. The van der Waals surface area contributed by atoms with Gasteiger partial charge in [0.1, 0.15) is 0 Å². The molecule has 5 nitrogen and oxygen atoms in total. The number of primary amides is 1. The molecule has 5 heteroatoms. The van der Waals surface area contributed by atoms with E-state index in [1.807, 2.05) is 18.2 Å². The van der Waals surface area contributed by atoms with E-state index >= 15 is 0 Å². The van der Waals surface area contributed by atoms with Crippen molar-refractivity contribution in [3.63, 3.8) is 0 Å². The number of carbonyl (C=O) groups is 1. The number of carbonyl (C=O) groups excluding carboxylic acids is 1. The van der Waals surface area contributed by atoms with E-state index in [4.69, 9.17) is 16.2 Å². The van der Waals surface area contributed by atoms with Crippen LogP contribution in [-0.4, -0.2) is 17.5 Å². The van der Waals surface area contributed by atoms with Gasteiger partial charge < -0.3 is 16.2 Å². The van der Waals surface area contributed by atoms with Gasteiger partial charge >= 0.3 is 0 Å². The lowest BCUT2D eigenvalue weighted by atomic mass is 10.1. The maximum Gasteiger partial charge on any atom is 0.248 e. The summed E-state index contributed by atoms with van der Waals surface area (Å²) in [4.78, 5) is 15.2. The fourth-order valence-electron chi connectivity index (χ4n) is 1.78. The standard InChI is InChI=1S/C15H17N3O2/c16-14-9-11(15(17)19)4-5-12(14)10-20-8-6-13-3-1-2-7-18-13/h1-5,7,9H,6,8,10,16H2,(H2,17,19). The number of nitrogens with zero attached hydrogens (tertiary/aromatic N) is 1. The average Bonchev–Trinajstić information content (AvgIpc) is 2.46. The average molecular weight is 271 g/mol. The van der Waals surface area contributed by atoms with E-state index in [9.17, 15) is 4.79 Å². The number of nitrogens with two attached hydrogens (primary N) is 2. The topological polar surface area (TPSA) is 91.2 Å². The summed E-state index contributed by atoms with van der Waals surface area (Å²) >= 11 is 0. The molecule has 0 aliphatic rings. The Kier molecular flexibility index (Phi) is 4.68. The zero-order valence-corrected chi connectivity index (χ0v) is 11.1. The second-order valence-electron chi connectivity index (χ2n) is 4.40. The zero-order chi connectivity index (χ0) is 14.4. The van der Waals surface area contributed by atoms with Crippen LogP contribution < -0.4 is 11.5 Å². The quantitative estimate of drug-likeness (QED) is 0.615. The molecule has 20 heavy (non-hydrogen) atoms. The highest BCUT2D eigenvalue weighted by molar-refractivity contribution is 5.93. The number of rotatable bonds is 6. The minimum Gasteiger partial charge on any atom is -0.398 e. The molecule has 0 aliphatic heterocycles. The van der Waals surface area contributed by atoms with E-state index in [1.165, 1.54) is 0 Å². The van der Waals surface area contributed by atoms with Gasteiger partial charge in [-0.2, -0.15) is 0 Å². The van der Waals surface area contributed by atoms with Gasteiger partial charge in [0.05, 0.1) is 13.2 Å². The highest BCUT2D eigenvalue weighted by Crippen LogP contribution is 2.15. The summed E-state index contributed by atoms with van der Waals surface area (Å²) < 4.78 is 5.57. The molecule has 1 aromatic heterocycles. The highest BCUT2D eigenvalue weighted by atomic mass is 16.5. The first-order valence-corrected chi connectivity index (χ1v) is 6.32. The van der Waals surface area contributed by atoms with Gasteiger partial charge in [-0.1, -0.05) is 12.1 Å². The Labute approximate surface area is 117 Å². The van der Waals surface area contributed by atoms with Crippen molar-refractivity contribution in [1.29, 1.82) is 0 Å². The molecule has 0 aliphatic carbocycles. The van der Waals surface area contributed by atoms with Gasteiger partial charge in [-0.3, -0.25) is 9.78 Å². The number of nitrogen functional groups attached to an aromatic ring is 1. The van der Waals surface area contributed by atoms with Gasteiger partial charge in [-0.15, -0.1) is 0 Å². The molecule has 2 rings (SSSR count). The molecule has 0 fully saturated rings. The van der Waals surface area contributed by atoms with E-state index in [1.54, 1.807) is 24.4 Å². The number of ether oxygens (including phenoxy) is 1. The van der Waals surface area contributed by atoms with Crippen molar-refractivity contribution in [3.8, 4) is 0 Å². The smallest absolute Gasteiger partial charge is 0.248 e. The minimum absolute atomic E-state index is 0.401. The summed E-state index contributed by atoms with van der Waals surface area (Å²) in [7, 11) is 0.